The van der Waals surface area contributed by atoms with Crippen molar-refractivity contribution in [2.75, 3.05) is 0 Å². The second-order valence-corrected chi connectivity index (χ2v) is 17.4. The van der Waals surface area contributed by atoms with E-state index >= 15 is 0 Å². The molecule has 0 unspecified atom stereocenters. The molecule has 0 amide bonds. The van der Waals surface area contributed by atoms with Gasteiger partial charge in [-0.3, -0.25) is 0 Å². The Kier molecular flexibility index (Phi) is 23.4. The van der Waals surface area contributed by atoms with Crippen molar-refractivity contribution in [1.82, 2.24) is 19.9 Å². The van der Waals surface area contributed by atoms with Crippen LogP contribution in [0.15, 0.2) is 261 Å². The summed E-state index contributed by atoms with van der Waals surface area (Å²) in [6, 6.07) is 76.3. The molecule has 0 spiro atoms. The maximum atomic E-state index is 13.1. The Labute approximate surface area is 540 Å². The van der Waals surface area contributed by atoms with E-state index in [2.05, 4.69) is 50.3 Å². The second kappa shape index (κ2) is 33.3. The second-order valence-electron chi connectivity index (χ2n) is 17.4. The first-order valence-corrected chi connectivity index (χ1v) is 24.7. The van der Waals surface area contributed by atoms with Crippen LogP contribution in [0, 0.1) is 61.1 Å². The van der Waals surface area contributed by atoms with Gasteiger partial charge in [-0.1, -0.05) is 103 Å². The molecule has 12 aromatic rings. The maximum Gasteiger partial charge on any atom is 0.123 e. The molecular weight excluding hydrogens is 1730 g/mol. The maximum absolute atomic E-state index is 13.1. The molecule has 4 heterocycles. The van der Waals surface area contributed by atoms with Crippen molar-refractivity contribution in [3.63, 3.8) is 0 Å². The molecule has 412 valence electrons. The quantitative estimate of drug-likeness (QED) is 0.142. The van der Waals surface area contributed by atoms with E-state index in [1.54, 1.807) is 36.7 Å². The Morgan fingerprint density at radius 2 is 0.768 bits per heavy atom. The molecule has 5 nitrogen and oxygen atoms in total. The van der Waals surface area contributed by atoms with E-state index < -0.39 is 6.04 Å². The summed E-state index contributed by atoms with van der Waals surface area (Å²) in [5, 5.41) is 8.80. The molecule has 0 N–H and O–H groups in total. The van der Waals surface area contributed by atoms with Gasteiger partial charge >= 0.3 is 0 Å². The summed E-state index contributed by atoms with van der Waals surface area (Å²) in [6.45, 7) is 3.74. The minimum Gasteiger partial charge on any atom is -0.304 e. The Morgan fingerprint density at radius 1 is 0.378 bits per heavy atom. The van der Waals surface area contributed by atoms with Gasteiger partial charge in [0.15, 0.2) is 0 Å². The van der Waals surface area contributed by atoms with Crippen molar-refractivity contribution in [1.29, 1.82) is 5.26 Å². The molecule has 0 fully saturated rings. The van der Waals surface area contributed by atoms with E-state index in [1.807, 2.05) is 184 Å². The van der Waals surface area contributed by atoms with Gasteiger partial charge in [0, 0.05) is 111 Å². The molecule has 0 saturated heterocycles. The summed E-state index contributed by atoms with van der Waals surface area (Å²) in [5.41, 5.74) is 16.2. The van der Waals surface area contributed by atoms with Crippen LogP contribution in [0.5, 0.6) is 0 Å². The fraction of sp³-hybridized carbons (Fsp3) is 0.0282. The number of halogens is 2. The summed E-state index contributed by atoms with van der Waals surface area (Å²) < 4.78 is 65.4. The third-order valence-corrected chi connectivity index (χ3v) is 12.1. The van der Waals surface area contributed by atoms with Gasteiger partial charge in [-0.15, -0.1) is 144 Å². The van der Waals surface area contributed by atoms with Gasteiger partial charge < -0.3 is 19.9 Å². The summed E-state index contributed by atoms with van der Waals surface area (Å²) in [7, 11) is 0. The molecule has 0 atom stereocenters. The standard InChI is InChI=1S/C18H13FN.C18H11N2.C18H14N.C17H11FN.4Ir/c1-13-11-16(19)8-9-17(13)15-7-10-18(20-12-15)14-5-3-2-4-6-14;19-12-14-6-8-15(9-7-14)17-10-11-18(20-13-17)16-4-2-1-3-5-16;1-14-12-18(16-10-6-3-7-11-16)19-13-17(14)15-8-4-2-5-9-15;18-16-9-6-13(7-10-16)15-8-11-17(19-12-15)14-4-2-1-3-5-14;;;;/h2-5,7-12H,1H3;1-4,6-11,13H;2-10,12-13H,1H3;1-4,6-12H;;;;/q4*-1;;;;/i;;2D,4D,5D,8D,9D;;;;;. The Hall–Kier alpha value is -7.69. The van der Waals surface area contributed by atoms with Crippen LogP contribution < -0.4 is 0 Å². The van der Waals surface area contributed by atoms with E-state index in [1.165, 1.54) is 24.3 Å². The molecule has 0 aliphatic carbocycles. The molecule has 11 heteroatoms. The molecular formula is C71H49F2Ir4N5-4. The van der Waals surface area contributed by atoms with Crippen LogP contribution in [0.1, 0.15) is 23.5 Å². The van der Waals surface area contributed by atoms with Crippen LogP contribution in [-0.4, -0.2) is 19.9 Å². The van der Waals surface area contributed by atoms with Crippen molar-refractivity contribution in [2.24, 2.45) is 0 Å². The van der Waals surface area contributed by atoms with E-state index in [4.69, 9.17) is 12.1 Å². The Morgan fingerprint density at radius 3 is 1.16 bits per heavy atom. The largest absolute Gasteiger partial charge is 0.304 e. The molecule has 0 aliphatic heterocycles. The van der Waals surface area contributed by atoms with E-state index in [0.717, 1.165) is 89.5 Å². The normalized spacial score (nSPS) is 10.6. The fourth-order valence-electron chi connectivity index (χ4n) is 8.05. The van der Waals surface area contributed by atoms with E-state index in [9.17, 15) is 8.78 Å². The number of benzene rings is 8. The van der Waals surface area contributed by atoms with E-state index in [0.29, 0.717) is 11.1 Å². The van der Waals surface area contributed by atoms with Crippen molar-refractivity contribution < 1.29 is 96.1 Å². The molecule has 0 bridgehead atoms. The monoisotopic (exact) mass is 1790 g/mol. The van der Waals surface area contributed by atoms with Gasteiger partial charge in [0.2, 0.25) is 0 Å². The number of rotatable bonds is 8. The molecule has 0 aliphatic rings. The summed E-state index contributed by atoms with van der Waals surface area (Å²) in [6.07, 6.45) is 7.01. The van der Waals surface area contributed by atoms with Crippen LogP contribution in [0.2, 0.25) is 0 Å². The number of nitriles is 1. The predicted molar refractivity (Wildman–Crippen MR) is 310 cm³/mol. The zero-order valence-electron chi connectivity index (χ0n) is 48.8. The predicted octanol–water partition coefficient (Wildman–Crippen LogP) is 17.6. The SMILES string of the molecule is Cc1cc(F)ccc1-c1ccc(-c2[c-]cccc2)nc1.Fc1ccc(-c2ccc(-c3[c-]cccc3)nc2)cc1.N#Cc1ccc(-c2ccc(-c3[c-]cccc3)nc2)cc1.[2H]c1c([2H])c([2H])c(-c2cnc(-c3[c-]cccc3)cc2C)c([2H])c1[2H].[Ir].[Ir].[Ir].[Ir]. The summed E-state index contributed by atoms with van der Waals surface area (Å²) in [5.74, 6) is -0.443. The first-order valence-electron chi connectivity index (χ1n) is 27.2. The van der Waals surface area contributed by atoms with Gasteiger partial charge in [-0.25, -0.2) is 8.78 Å². The first kappa shape index (κ1) is 57.5. The molecule has 8 aromatic carbocycles. The van der Waals surface area contributed by atoms with Gasteiger partial charge in [0.05, 0.1) is 18.5 Å². The van der Waals surface area contributed by atoms with Crippen molar-refractivity contribution >= 4 is 0 Å². The third kappa shape index (κ3) is 18.2. The molecule has 82 heavy (non-hydrogen) atoms. The third-order valence-electron chi connectivity index (χ3n) is 12.1. The average Bonchev–Trinajstić information content (AvgIpc) is 2.33. The smallest absolute Gasteiger partial charge is 0.123 e. The van der Waals surface area contributed by atoms with E-state index in [-0.39, 0.29) is 122 Å². The topological polar surface area (TPSA) is 75.3 Å². The van der Waals surface area contributed by atoms with Crippen LogP contribution in [0.3, 0.4) is 0 Å². The van der Waals surface area contributed by atoms with Crippen LogP contribution >= 0.6 is 0 Å². The average molecular weight is 1780 g/mol. The van der Waals surface area contributed by atoms with Crippen LogP contribution in [0.4, 0.5) is 8.78 Å². The number of aromatic nitrogens is 4. The van der Waals surface area contributed by atoms with Crippen molar-refractivity contribution in [3.05, 3.63) is 314 Å². The Bertz CT molecular complexity index is 4130. The zero-order chi connectivity index (χ0) is 58.2. The van der Waals surface area contributed by atoms with Gasteiger partial charge in [0.25, 0.3) is 0 Å². The van der Waals surface area contributed by atoms with Gasteiger partial charge in [0.1, 0.15) is 11.6 Å². The summed E-state index contributed by atoms with van der Waals surface area (Å²) in [4.78, 5) is 17.7. The van der Waals surface area contributed by atoms with Crippen molar-refractivity contribution in [3.8, 4) is 95.6 Å². The number of hydrogen-bond donors (Lipinski definition) is 0. The van der Waals surface area contributed by atoms with Crippen molar-refractivity contribution in [2.45, 2.75) is 13.8 Å². The number of aryl methyl sites for hydroxylation is 2. The number of hydrogen-bond acceptors (Lipinski definition) is 5. The number of nitrogens with zero attached hydrogens (tertiary/aromatic N) is 5. The van der Waals surface area contributed by atoms with Crippen LogP contribution in [-0.2, 0) is 80.4 Å². The van der Waals surface area contributed by atoms with Gasteiger partial charge in [-0.2, -0.15) is 5.26 Å². The first-order chi connectivity index (χ1) is 40.3. The minimum absolute atomic E-state index is 0. The fourth-order valence-corrected chi connectivity index (χ4v) is 8.05. The molecule has 12 rings (SSSR count). The van der Waals surface area contributed by atoms with Gasteiger partial charge in [-0.05, 0) is 123 Å². The summed E-state index contributed by atoms with van der Waals surface area (Å²) >= 11 is 0. The van der Waals surface area contributed by atoms with Crippen LogP contribution in [0.25, 0.3) is 89.5 Å². The molecule has 0 saturated carbocycles. The minimum atomic E-state index is -0.394. The Balaban J connectivity index is 0.000000209. The zero-order valence-corrected chi connectivity index (χ0v) is 53.3. The molecule has 4 radical (unpaired) electrons. The molecule has 4 aromatic heterocycles. The number of pyridine rings is 4.